The van der Waals surface area contributed by atoms with Crippen LogP contribution < -0.4 is 0 Å². The highest BCUT2D eigenvalue weighted by Crippen LogP contribution is 2.50. The first-order valence-electron chi connectivity index (χ1n) is 6.64. The molecule has 0 saturated heterocycles. The summed E-state index contributed by atoms with van der Waals surface area (Å²) in [5.74, 6) is -0.403. The normalized spacial score (nSPS) is 13.1. The molecule has 0 N–H and O–H groups in total. The van der Waals surface area contributed by atoms with E-state index in [1.54, 1.807) is 23.5 Å². The van der Waals surface area contributed by atoms with Crippen molar-refractivity contribution in [1.82, 2.24) is 0 Å². The van der Waals surface area contributed by atoms with E-state index in [1.807, 2.05) is 24.3 Å². The lowest BCUT2D eigenvalue weighted by atomic mass is 10.1. The quantitative estimate of drug-likeness (QED) is 0.402. The van der Waals surface area contributed by atoms with Crippen molar-refractivity contribution in [2.45, 2.75) is 19.6 Å². The minimum Gasteiger partial charge on any atom is -0.503 e. The SMILES string of the molecule is CO/C=C(\C(=O)OC)c1cccc2c1Sc1ccccc1S2. The van der Waals surface area contributed by atoms with Crippen molar-refractivity contribution in [1.29, 1.82) is 0 Å². The molecule has 0 radical (unpaired) electrons. The summed E-state index contributed by atoms with van der Waals surface area (Å²) in [6, 6.07) is 14.2. The molecule has 0 saturated carbocycles. The van der Waals surface area contributed by atoms with Crippen molar-refractivity contribution in [2.75, 3.05) is 14.2 Å². The number of ether oxygens (including phenoxy) is 2. The van der Waals surface area contributed by atoms with E-state index in [2.05, 4.69) is 18.2 Å². The maximum Gasteiger partial charge on any atom is 0.341 e. The van der Waals surface area contributed by atoms with Crippen molar-refractivity contribution in [3.8, 4) is 0 Å². The van der Waals surface area contributed by atoms with Crippen molar-refractivity contribution in [3.63, 3.8) is 0 Å². The van der Waals surface area contributed by atoms with Gasteiger partial charge in [-0.2, -0.15) is 0 Å². The number of benzene rings is 2. The van der Waals surface area contributed by atoms with Gasteiger partial charge >= 0.3 is 5.97 Å². The van der Waals surface area contributed by atoms with Gasteiger partial charge in [-0.3, -0.25) is 0 Å². The van der Waals surface area contributed by atoms with Crippen LogP contribution >= 0.6 is 23.5 Å². The summed E-state index contributed by atoms with van der Waals surface area (Å²) < 4.78 is 9.94. The van der Waals surface area contributed by atoms with Crippen LogP contribution in [0.15, 0.2) is 68.3 Å². The Morgan fingerprint density at radius 3 is 2.32 bits per heavy atom. The van der Waals surface area contributed by atoms with E-state index in [1.165, 1.54) is 30.3 Å². The molecule has 0 spiro atoms. The number of rotatable bonds is 3. The van der Waals surface area contributed by atoms with Gasteiger partial charge in [0.25, 0.3) is 0 Å². The van der Waals surface area contributed by atoms with E-state index in [-0.39, 0.29) is 0 Å². The monoisotopic (exact) mass is 330 g/mol. The largest absolute Gasteiger partial charge is 0.503 e. The van der Waals surface area contributed by atoms with Crippen molar-refractivity contribution in [3.05, 3.63) is 54.3 Å². The molecule has 1 aliphatic rings. The van der Waals surface area contributed by atoms with Crippen molar-refractivity contribution in [2.24, 2.45) is 0 Å². The third kappa shape index (κ3) is 2.74. The zero-order chi connectivity index (χ0) is 15.5. The first-order valence-corrected chi connectivity index (χ1v) is 8.27. The number of fused-ring (bicyclic) bond motifs is 2. The Labute approximate surface area is 137 Å². The van der Waals surface area contributed by atoms with Gasteiger partial charge in [-0.05, 0) is 18.2 Å². The van der Waals surface area contributed by atoms with Crippen LogP contribution in [0.2, 0.25) is 0 Å². The van der Waals surface area contributed by atoms with Crippen LogP contribution in [0.1, 0.15) is 5.56 Å². The van der Waals surface area contributed by atoms with Gasteiger partial charge in [0.15, 0.2) is 0 Å². The molecule has 0 aliphatic carbocycles. The molecule has 2 aromatic carbocycles. The summed E-state index contributed by atoms with van der Waals surface area (Å²) in [5, 5.41) is 0. The Bertz CT molecular complexity index is 753. The van der Waals surface area contributed by atoms with E-state index in [9.17, 15) is 4.79 Å². The minimum atomic E-state index is -0.403. The standard InChI is InChI=1S/C17H14O3S2/c1-19-10-12(17(18)20-2)11-6-5-9-15-16(11)22-14-8-4-3-7-13(14)21-15/h3-10H,1-2H3/b12-10-. The molecule has 22 heavy (non-hydrogen) atoms. The highest BCUT2D eigenvalue weighted by Gasteiger charge is 2.24. The summed E-state index contributed by atoms with van der Waals surface area (Å²) >= 11 is 3.38. The van der Waals surface area contributed by atoms with Crippen molar-refractivity contribution >= 4 is 35.1 Å². The van der Waals surface area contributed by atoms with Gasteiger partial charge in [-0.25, -0.2) is 4.79 Å². The predicted molar refractivity (Wildman–Crippen MR) is 88.1 cm³/mol. The molecule has 0 amide bonds. The zero-order valence-electron chi connectivity index (χ0n) is 12.2. The van der Waals surface area contributed by atoms with Gasteiger partial charge in [-0.1, -0.05) is 47.8 Å². The summed E-state index contributed by atoms with van der Waals surface area (Å²) in [5.41, 5.74) is 1.26. The predicted octanol–water partition coefficient (Wildman–Crippen LogP) is 4.46. The highest BCUT2D eigenvalue weighted by molar-refractivity contribution is 8.05. The lowest BCUT2D eigenvalue weighted by Gasteiger charge is -2.21. The van der Waals surface area contributed by atoms with E-state index < -0.39 is 5.97 Å². The Morgan fingerprint density at radius 1 is 0.955 bits per heavy atom. The molecule has 5 heteroatoms. The smallest absolute Gasteiger partial charge is 0.341 e. The van der Waals surface area contributed by atoms with Gasteiger partial charge in [0.1, 0.15) is 5.57 Å². The Kier molecular flexibility index (Phi) is 4.45. The fraction of sp³-hybridized carbons (Fsp3) is 0.118. The van der Waals surface area contributed by atoms with E-state index in [4.69, 9.17) is 9.47 Å². The van der Waals surface area contributed by atoms with Crippen LogP contribution in [0.5, 0.6) is 0 Å². The number of carbonyl (C=O) groups excluding carboxylic acids is 1. The fourth-order valence-corrected chi connectivity index (χ4v) is 4.60. The van der Waals surface area contributed by atoms with Crippen LogP contribution in [0.3, 0.4) is 0 Å². The van der Waals surface area contributed by atoms with Gasteiger partial charge in [0.2, 0.25) is 0 Å². The number of methoxy groups -OCH3 is 2. The molecule has 0 fully saturated rings. The molecule has 112 valence electrons. The molecule has 2 aromatic rings. The van der Waals surface area contributed by atoms with E-state index in [0.717, 1.165) is 15.4 Å². The lowest BCUT2D eigenvalue weighted by Crippen LogP contribution is -2.06. The second-order valence-corrected chi connectivity index (χ2v) is 6.68. The Balaban J connectivity index is 2.10. The zero-order valence-corrected chi connectivity index (χ0v) is 13.8. The molecule has 3 nitrogen and oxygen atoms in total. The van der Waals surface area contributed by atoms with Crippen LogP contribution in [0.4, 0.5) is 0 Å². The Morgan fingerprint density at radius 2 is 1.64 bits per heavy atom. The number of hydrogen-bond donors (Lipinski definition) is 0. The molecule has 0 aromatic heterocycles. The Hall–Kier alpha value is -1.85. The van der Waals surface area contributed by atoms with Crippen LogP contribution in [-0.2, 0) is 14.3 Å². The summed E-state index contributed by atoms with van der Waals surface area (Å²) in [6.45, 7) is 0. The third-order valence-electron chi connectivity index (χ3n) is 3.19. The van der Waals surface area contributed by atoms with Crippen molar-refractivity contribution < 1.29 is 14.3 Å². The molecular weight excluding hydrogens is 316 g/mol. The van der Waals surface area contributed by atoms with E-state index in [0.29, 0.717) is 5.57 Å². The molecule has 0 bridgehead atoms. The summed E-state index contributed by atoms with van der Waals surface area (Å²) in [4.78, 5) is 16.7. The number of hydrogen-bond acceptors (Lipinski definition) is 5. The van der Waals surface area contributed by atoms with Crippen LogP contribution in [-0.4, -0.2) is 20.2 Å². The average Bonchev–Trinajstić information content (AvgIpc) is 2.57. The maximum atomic E-state index is 12.0. The second-order valence-electron chi connectivity index (χ2n) is 4.54. The lowest BCUT2D eigenvalue weighted by molar-refractivity contribution is -0.133. The fourth-order valence-electron chi connectivity index (χ4n) is 2.21. The molecule has 1 aliphatic heterocycles. The maximum absolute atomic E-state index is 12.0. The van der Waals surface area contributed by atoms with Crippen LogP contribution in [0, 0.1) is 0 Å². The van der Waals surface area contributed by atoms with Gasteiger partial charge in [0, 0.05) is 25.1 Å². The van der Waals surface area contributed by atoms with Crippen LogP contribution in [0.25, 0.3) is 5.57 Å². The molecule has 0 atom stereocenters. The number of carbonyl (C=O) groups is 1. The van der Waals surface area contributed by atoms with Gasteiger partial charge in [-0.15, -0.1) is 0 Å². The number of esters is 1. The molecule has 0 unspecified atom stereocenters. The second kappa shape index (κ2) is 6.50. The van der Waals surface area contributed by atoms with Gasteiger partial charge in [0.05, 0.1) is 20.5 Å². The average molecular weight is 330 g/mol. The first kappa shape index (κ1) is 15.1. The molecule has 3 rings (SSSR count). The minimum absolute atomic E-state index is 0.403. The van der Waals surface area contributed by atoms with E-state index >= 15 is 0 Å². The molecular formula is C17H14O3S2. The topological polar surface area (TPSA) is 35.5 Å². The first-order chi connectivity index (χ1) is 10.7. The van der Waals surface area contributed by atoms with Gasteiger partial charge < -0.3 is 9.47 Å². The summed E-state index contributed by atoms with van der Waals surface area (Å²) in [7, 11) is 2.90. The molecule has 1 heterocycles. The third-order valence-corrected chi connectivity index (χ3v) is 5.81. The summed E-state index contributed by atoms with van der Waals surface area (Å²) in [6.07, 6.45) is 1.44. The highest BCUT2D eigenvalue weighted by atomic mass is 32.2.